The van der Waals surface area contributed by atoms with Crippen molar-refractivity contribution >= 4 is 21.9 Å². The summed E-state index contributed by atoms with van der Waals surface area (Å²) in [6.45, 7) is 0.449. The van der Waals surface area contributed by atoms with Crippen LogP contribution in [-0.4, -0.2) is 57.5 Å². The number of carboxylic acid groups (broad SMARTS) is 1. The van der Waals surface area contributed by atoms with Crippen molar-refractivity contribution in [1.82, 2.24) is 9.62 Å². The largest absolute Gasteiger partial charge is 0.495 e. The summed E-state index contributed by atoms with van der Waals surface area (Å²) in [7, 11) is -1.18. The number of likely N-dealkylation sites (tertiary alicyclic amines) is 1. The van der Waals surface area contributed by atoms with Crippen LogP contribution in [0.15, 0.2) is 23.1 Å². The first kappa shape index (κ1) is 17.2. The Labute approximate surface area is 134 Å². The number of carbonyl (C=O) groups excluding carboxylic acids is 1. The van der Waals surface area contributed by atoms with Gasteiger partial charge in [0.2, 0.25) is 10.0 Å². The number of nitrogens with zero attached hydrogens (tertiary/aromatic N) is 1. The van der Waals surface area contributed by atoms with Crippen LogP contribution >= 0.6 is 0 Å². The highest BCUT2D eigenvalue weighted by Crippen LogP contribution is 2.26. The molecule has 0 aromatic heterocycles. The number of sulfonamides is 1. The SMILES string of the molecule is CNS(=O)(=O)c1cc(C(=O)N2CC[C@H](C(=O)O)C2)ccc1OC. The van der Waals surface area contributed by atoms with Gasteiger partial charge in [0.1, 0.15) is 10.6 Å². The summed E-state index contributed by atoms with van der Waals surface area (Å²) in [5.74, 6) is -1.80. The predicted molar refractivity (Wildman–Crippen MR) is 80.9 cm³/mol. The van der Waals surface area contributed by atoms with E-state index < -0.39 is 27.8 Å². The van der Waals surface area contributed by atoms with E-state index in [4.69, 9.17) is 9.84 Å². The molecule has 8 nitrogen and oxygen atoms in total. The summed E-state index contributed by atoms with van der Waals surface area (Å²) in [6.07, 6.45) is 0.388. The topological polar surface area (TPSA) is 113 Å². The Morgan fingerprint density at radius 1 is 1.39 bits per heavy atom. The molecule has 0 radical (unpaired) electrons. The van der Waals surface area contributed by atoms with E-state index in [9.17, 15) is 18.0 Å². The Balaban J connectivity index is 2.32. The lowest BCUT2D eigenvalue weighted by Gasteiger charge is -2.17. The zero-order chi connectivity index (χ0) is 17.2. The molecule has 1 atom stereocenters. The molecule has 1 aromatic carbocycles. The van der Waals surface area contributed by atoms with Crippen molar-refractivity contribution in [2.45, 2.75) is 11.3 Å². The van der Waals surface area contributed by atoms with E-state index in [2.05, 4.69) is 4.72 Å². The quantitative estimate of drug-likeness (QED) is 0.787. The summed E-state index contributed by atoms with van der Waals surface area (Å²) in [6, 6.07) is 4.10. The number of hydrogen-bond donors (Lipinski definition) is 2. The number of amides is 1. The molecule has 9 heteroatoms. The minimum Gasteiger partial charge on any atom is -0.495 e. The molecule has 0 unspecified atom stereocenters. The summed E-state index contributed by atoms with van der Waals surface area (Å²) >= 11 is 0. The van der Waals surface area contributed by atoms with Gasteiger partial charge in [0.15, 0.2) is 0 Å². The Hall–Kier alpha value is -2.13. The van der Waals surface area contributed by atoms with Gasteiger partial charge >= 0.3 is 5.97 Å². The lowest BCUT2D eigenvalue weighted by molar-refractivity contribution is -0.141. The molecule has 1 aliphatic rings. The van der Waals surface area contributed by atoms with Gasteiger partial charge < -0.3 is 14.7 Å². The number of carbonyl (C=O) groups is 2. The van der Waals surface area contributed by atoms with Gasteiger partial charge in [-0.25, -0.2) is 13.1 Å². The van der Waals surface area contributed by atoms with Gasteiger partial charge in [-0.05, 0) is 31.7 Å². The van der Waals surface area contributed by atoms with Crippen LogP contribution in [0.25, 0.3) is 0 Å². The van der Waals surface area contributed by atoms with E-state index in [0.717, 1.165) is 0 Å². The van der Waals surface area contributed by atoms with Gasteiger partial charge in [-0.1, -0.05) is 0 Å². The molecule has 0 aliphatic carbocycles. The van der Waals surface area contributed by atoms with Gasteiger partial charge in [-0.2, -0.15) is 0 Å². The molecule has 2 rings (SSSR count). The van der Waals surface area contributed by atoms with E-state index in [1.807, 2.05) is 0 Å². The maximum Gasteiger partial charge on any atom is 0.308 e. The van der Waals surface area contributed by atoms with Crippen molar-refractivity contribution in [3.05, 3.63) is 23.8 Å². The molecule has 2 N–H and O–H groups in total. The van der Waals surface area contributed by atoms with Crippen molar-refractivity contribution in [2.75, 3.05) is 27.2 Å². The third-order valence-electron chi connectivity index (χ3n) is 3.79. The van der Waals surface area contributed by atoms with Crippen LogP contribution in [-0.2, 0) is 14.8 Å². The average Bonchev–Trinajstić information content (AvgIpc) is 3.03. The molecule has 0 saturated carbocycles. The van der Waals surface area contributed by atoms with Crippen molar-refractivity contribution in [3.8, 4) is 5.75 Å². The van der Waals surface area contributed by atoms with E-state index in [1.54, 1.807) is 0 Å². The van der Waals surface area contributed by atoms with Crippen molar-refractivity contribution in [3.63, 3.8) is 0 Å². The van der Waals surface area contributed by atoms with Gasteiger partial charge in [0.05, 0.1) is 13.0 Å². The highest BCUT2D eigenvalue weighted by atomic mass is 32.2. The fraction of sp³-hybridized carbons (Fsp3) is 0.429. The molecule has 1 heterocycles. The molecule has 0 spiro atoms. The van der Waals surface area contributed by atoms with Crippen LogP contribution in [0, 0.1) is 5.92 Å². The van der Waals surface area contributed by atoms with E-state index in [-0.39, 0.29) is 22.8 Å². The van der Waals surface area contributed by atoms with Crippen molar-refractivity contribution in [1.29, 1.82) is 0 Å². The van der Waals surface area contributed by atoms with Gasteiger partial charge in [0, 0.05) is 18.7 Å². The molecular weight excluding hydrogens is 324 g/mol. The Morgan fingerprint density at radius 3 is 2.61 bits per heavy atom. The van der Waals surface area contributed by atoms with E-state index >= 15 is 0 Å². The van der Waals surface area contributed by atoms with Crippen LogP contribution in [0.2, 0.25) is 0 Å². The number of rotatable bonds is 5. The number of methoxy groups -OCH3 is 1. The summed E-state index contributed by atoms with van der Waals surface area (Å²) in [5.41, 5.74) is 0.172. The molecule has 23 heavy (non-hydrogen) atoms. The zero-order valence-corrected chi connectivity index (χ0v) is 13.6. The maximum absolute atomic E-state index is 12.5. The van der Waals surface area contributed by atoms with Crippen LogP contribution in [0.4, 0.5) is 0 Å². The Kier molecular flexibility index (Phi) is 4.90. The number of nitrogens with one attached hydrogen (secondary N) is 1. The van der Waals surface area contributed by atoms with Crippen LogP contribution in [0.5, 0.6) is 5.75 Å². The monoisotopic (exact) mass is 342 g/mol. The molecule has 0 bridgehead atoms. The maximum atomic E-state index is 12.5. The zero-order valence-electron chi connectivity index (χ0n) is 12.8. The molecule has 1 aromatic rings. The van der Waals surface area contributed by atoms with Crippen molar-refractivity contribution in [2.24, 2.45) is 5.92 Å². The lowest BCUT2D eigenvalue weighted by Crippen LogP contribution is -2.30. The second-order valence-electron chi connectivity index (χ2n) is 5.15. The lowest BCUT2D eigenvalue weighted by atomic mass is 10.1. The first-order valence-corrected chi connectivity index (χ1v) is 8.42. The average molecular weight is 342 g/mol. The smallest absolute Gasteiger partial charge is 0.308 e. The second-order valence-corrected chi connectivity index (χ2v) is 7.00. The highest BCUT2D eigenvalue weighted by Gasteiger charge is 2.32. The number of benzene rings is 1. The summed E-state index contributed by atoms with van der Waals surface area (Å²) in [5, 5.41) is 8.99. The number of hydrogen-bond acceptors (Lipinski definition) is 5. The van der Waals surface area contributed by atoms with E-state index in [0.29, 0.717) is 13.0 Å². The normalized spacial score (nSPS) is 18.0. The first-order chi connectivity index (χ1) is 10.8. The van der Waals surface area contributed by atoms with Gasteiger partial charge in [-0.3, -0.25) is 9.59 Å². The number of aliphatic carboxylic acids is 1. The predicted octanol–water partition coefficient (Wildman–Crippen LogP) is 0.150. The van der Waals surface area contributed by atoms with Crippen molar-refractivity contribution < 1.29 is 27.9 Å². The molecular formula is C14H18N2O6S. The second kappa shape index (κ2) is 6.55. The Bertz CT molecular complexity index is 731. The Morgan fingerprint density at radius 2 is 2.09 bits per heavy atom. The van der Waals surface area contributed by atoms with Gasteiger partial charge in [-0.15, -0.1) is 0 Å². The molecule has 1 aliphatic heterocycles. The molecule has 1 saturated heterocycles. The standard InChI is InChI=1S/C14H18N2O6S/c1-15-23(20,21)12-7-9(3-4-11(12)22-2)13(17)16-6-5-10(8-16)14(18)19/h3-4,7,10,15H,5-6,8H2,1-2H3,(H,18,19)/t10-/m0/s1. The number of ether oxygens (including phenoxy) is 1. The highest BCUT2D eigenvalue weighted by molar-refractivity contribution is 7.89. The third kappa shape index (κ3) is 3.45. The minimum absolute atomic E-state index is 0.119. The molecule has 126 valence electrons. The third-order valence-corrected chi connectivity index (χ3v) is 5.23. The van der Waals surface area contributed by atoms with Crippen LogP contribution in [0.1, 0.15) is 16.8 Å². The summed E-state index contributed by atoms with van der Waals surface area (Å²) in [4.78, 5) is 24.7. The van der Waals surface area contributed by atoms with E-state index in [1.165, 1.54) is 37.3 Å². The first-order valence-electron chi connectivity index (χ1n) is 6.94. The molecule has 1 fully saturated rings. The van der Waals surface area contributed by atoms with Crippen LogP contribution in [0.3, 0.4) is 0 Å². The fourth-order valence-electron chi connectivity index (χ4n) is 2.46. The number of carboxylic acids is 1. The van der Waals surface area contributed by atoms with Crippen LogP contribution < -0.4 is 9.46 Å². The molecule has 1 amide bonds. The van der Waals surface area contributed by atoms with Gasteiger partial charge in [0.25, 0.3) is 5.91 Å². The fourth-order valence-corrected chi connectivity index (χ4v) is 3.38. The minimum atomic E-state index is -3.78. The summed E-state index contributed by atoms with van der Waals surface area (Å²) < 4.78 is 31.2.